The maximum atomic E-state index is 11.7. The highest BCUT2D eigenvalue weighted by Gasteiger charge is 2.20. The fraction of sp³-hybridized carbons (Fsp3) is 0.385. The lowest BCUT2D eigenvalue weighted by Crippen LogP contribution is -2.17. The Bertz CT molecular complexity index is 449. The average Bonchev–Trinajstić information content (AvgIpc) is 2.31. The molecule has 1 aromatic rings. The van der Waals surface area contributed by atoms with E-state index in [2.05, 4.69) is 4.74 Å². The molecule has 0 aliphatic carbocycles. The number of hydrogen-bond acceptors (Lipinski definition) is 4. The lowest BCUT2D eigenvalue weighted by atomic mass is 10.0. The molecule has 17 heavy (non-hydrogen) atoms. The van der Waals surface area contributed by atoms with E-state index in [1.165, 1.54) is 7.11 Å². The molecular formula is C13H16O4. The maximum absolute atomic E-state index is 11.7. The van der Waals surface area contributed by atoms with Crippen LogP contribution in [0.2, 0.25) is 0 Å². The number of carbonyl (C=O) groups excluding carboxylic acids is 2. The first kappa shape index (κ1) is 13.2. The summed E-state index contributed by atoms with van der Waals surface area (Å²) in [5.41, 5.74) is 1.89. The van der Waals surface area contributed by atoms with Crippen molar-refractivity contribution in [1.29, 1.82) is 0 Å². The summed E-state index contributed by atoms with van der Waals surface area (Å²) in [4.78, 5) is 22.9. The van der Waals surface area contributed by atoms with Gasteiger partial charge in [-0.2, -0.15) is 0 Å². The first-order valence-electron chi connectivity index (χ1n) is 5.38. The van der Waals surface area contributed by atoms with Gasteiger partial charge in [0.2, 0.25) is 0 Å². The van der Waals surface area contributed by atoms with Crippen LogP contribution in [0, 0.1) is 13.8 Å². The van der Waals surface area contributed by atoms with Crippen LogP contribution in [-0.2, 0) is 9.53 Å². The molecule has 0 atom stereocenters. The van der Waals surface area contributed by atoms with Crippen LogP contribution in [0.3, 0.4) is 0 Å². The van der Waals surface area contributed by atoms with Crippen molar-refractivity contribution >= 4 is 11.8 Å². The highest BCUT2D eigenvalue weighted by molar-refractivity contribution is 6.41. The molecule has 0 spiro atoms. The van der Waals surface area contributed by atoms with Crippen LogP contribution in [0.15, 0.2) is 12.1 Å². The van der Waals surface area contributed by atoms with E-state index in [-0.39, 0.29) is 0 Å². The SMILES string of the molecule is CCOc1cc(C)c(C(=O)C(=O)OC)cc1C. The van der Waals surface area contributed by atoms with E-state index in [4.69, 9.17) is 4.74 Å². The van der Waals surface area contributed by atoms with Crippen molar-refractivity contribution in [1.82, 2.24) is 0 Å². The molecule has 92 valence electrons. The van der Waals surface area contributed by atoms with Crippen LogP contribution in [-0.4, -0.2) is 25.5 Å². The number of carbonyl (C=O) groups is 2. The number of ether oxygens (including phenoxy) is 2. The molecule has 0 radical (unpaired) electrons. The van der Waals surface area contributed by atoms with Gasteiger partial charge in [0.15, 0.2) is 0 Å². The van der Waals surface area contributed by atoms with Crippen molar-refractivity contribution in [2.24, 2.45) is 0 Å². The van der Waals surface area contributed by atoms with Crippen LogP contribution in [0.1, 0.15) is 28.4 Å². The quantitative estimate of drug-likeness (QED) is 0.456. The predicted molar refractivity (Wildman–Crippen MR) is 63.4 cm³/mol. The van der Waals surface area contributed by atoms with Gasteiger partial charge in [0.05, 0.1) is 13.7 Å². The van der Waals surface area contributed by atoms with Crippen molar-refractivity contribution in [2.75, 3.05) is 13.7 Å². The molecule has 4 nitrogen and oxygen atoms in total. The second kappa shape index (κ2) is 5.48. The van der Waals surface area contributed by atoms with Gasteiger partial charge in [-0.15, -0.1) is 0 Å². The summed E-state index contributed by atoms with van der Waals surface area (Å²) in [7, 11) is 1.19. The van der Waals surface area contributed by atoms with Gasteiger partial charge in [0.1, 0.15) is 5.75 Å². The van der Waals surface area contributed by atoms with E-state index in [0.717, 1.165) is 11.3 Å². The summed E-state index contributed by atoms with van der Waals surface area (Å²) in [6.07, 6.45) is 0. The molecule has 0 heterocycles. The number of hydrogen-bond donors (Lipinski definition) is 0. The third-order valence-electron chi connectivity index (χ3n) is 2.44. The largest absolute Gasteiger partial charge is 0.494 e. The third kappa shape index (κ3) is 2.84. The highest BCUT2D eigenvalue weighted by Crippen LogP contribution is 2.23. The Morgan fingerprint density at radius 1 is 1.18 bits per heavy atom. The van der Waals surface area contributed by atoms with E-state index in [1.807, 2.05) is 13.8 Å². The van der Waals surface area contributed by atoms with Crippen LogP contribution < -0.4 is 4.74 Å². The molecule has 1 aromatic carbocycles. The standard InChI is InChI=1S/C13H16O4/c1-5-17-11-7-8(2)10(6-9(11)3)12(14)13(15)16-4/h6-7H,5H2,1-4H3. The average molecular weight is 236 g/mol. The van der Waals surface area contributed by atoms with Crippen molar-refractivity contribution < 1.29 is 19.1 Å². The second-order valence-corrected chi connectivity index (χ2v) is 3.69. The lowest BCUT2D eigenvalue weighted by Gasteiger charge is -2.11. The van der Waals surface area contributed by atoms with Crippen molar-refractivity contribution in [3.05, 3.63) is 28.8 Å². The molecule has 0 N–H and O–H groups in total. The van der Waals surface area contributed by atoms with Crippen LogP contribution in [0.5, 0.6) is 5.75 Å². The first-order chi connectivity index (χ1) is 8.01. The van der Waals surface area contributed by atoms with Gasteiger partial charge in [-0.25, -0.2) is 4.79 Å². The van der Waals surface area contributed by atoms with Gasteiger partial charge < -0.3 is 9.47 Å². The smallest absolute Gasteiger partial charge is 0.379 e. The second-order valence-electron chi connectivity index (χ2n) is 3.69. The fourth-order valence-electron chi connectivity index (χ4n) is 1.55. The number of aryl methyl sites for hydroxylation is 2. The lowest BCUT2D eigenvalue weighted by molar-refractivity contribution is -0.135. The summed E-state index contributed by atoms with van der Waals surface area (Å²) in [6.45, 7) is 6.05. The monoisotopic (exact) mass is 236 g/mol. The minimum atomic E-state index is -0.850. The predicted octanol–water partition coefficient (Wildman–Crippen LogP) is 2.06. The normalized spacial score (nSPS) is 9.88. The highest BCUT2D eigenvalue weighted by atomic mass is 16.5. The molecule has 0 fully saturated rings. The summed E-state index contributed by atoms with van der Waals surface area (Å²) in [5.74, 6) is -0.751. The zero-order valence-corrected chi connectivity index (χ0v) is 10.5. The molecule has 0 aliphatic heterocycles. The van der Waals surface area contributed by atoms with Crippen molar-refractivity contribution in [2.45, 2.75) is 20.8 Å². The number of benzene rings is 1. The zero-order chi connectivity index (χ0) is 13.0. The minimum Gasteiger partial charge on any atom is -0.494 e. The number of methoxy groups -OCH3 is 1. The van der Waals surface area contributed by atoms with Crippen LogP contribution in [0.4, 0.5) is 0 Å². The first-order valence-corrected chi connectivity index (χ1v) is 5.38. The van der Waals surface area contributed by atoms with Gasteiger partial charge in [0.25, 0.3) is 5.78 Å². The molecule has 0 aliphatic rings. The molecule has 0 unspecified atom stereocenters. The Labute approximate surface area is 101 Å². The Morgan fingerprint density at radius 3 is 2.35 bits per heavy atom. The fourth-order valence-corrected chi connectivity index (χ4v) is 1.55. The molecule has 0 saturated heterocycles. The molecule has 0 saturated carbocycles. The van der Waals surface area contributed by atoms with E-state index >= 15 is 0 Å². The number of esters is 1. The van der Waals surface area contributed by atoms with E-state index in [9.17, 15) is 9.59 Å². The summed E-state index contributed by atoms with van der Waals surface area (Å²) >= 11 is 0. The molecular weight excluding hydrogens is 220 g/mol. The van der Waals surface area contributed by atoms with Crippen molar-refractivity contribution in [3.8, 4) is 5.75 Å². The molecule has 4 heteroatoms. The zero-order valence-electron chi connectivity index (χ0n) is 10.5. The van der Waals surface area contributed by atoms with Crippen molar-refractivity contribution in [3.63, 3.8) is 0 Å². The van der Waals surface area contributed by atoms with Gasteiger partial charge in [-0.1, -0.05) is 0 Å². The summed E-state index contributed by atoms with van der Waals surface area (Å²) in [6, 6.07) is 3.41. The Kier molecular flexibility index (Phi) is 4.26. The Balaban J connectivity index is 3.15. The van der Waals surface area contributed by atoms with Gasteiger partial charge >= 0.3 is 5.97 Å². The third-order valence-corrected chi connectivity index (χ3v) is 2.44. The number of rotatable bonds is 4. The minimum absolute atomic E-state index is 0.359. The molecule has 0 aromatic heterocycles. The summed E-state index contributed by atoms with van der Waals surface area (Å²) < 4.78 is 9.83. The number of Topliss-reactive ketones (excluding diaryl/α,β-unsaturated/α-hetero) is 1. The van der Waals surface area contributed by atoms with Crippen LogP contribution in [0.25, 0.3) is 0 Å². The van der Waals surface area contributed by atoms with E-state index < -0.39 is 11.8 Å². The summed E-state index contributed by atoms with van der Waals surface area (Å²) in [5, 5.41) is 0. The number of ketones is 1. The Hall–Kier alpha value is -1.84. The van der Waals surface area contributed by atoms with Gasteiger partial charge in [-0.05, 0) is 44.0 Å². The Morgan fingerprint density at radius 2 is 1.82 bits per heavy atom. The molecule has 0 amide bonds. The van der Waals surface area contributed by atoms with Gasteiger partial charge in [0, 0.05) is 5.56 Å². The van der Waals surface area contributed by atoms with E-state index in [0.29, 0.717) is 17.7 Å². The van der Waals surface area contributed by atoms with Gasteiger partial charge in [-0.3, -0.25) is 4.79 Å². The van der Waals surface area contributed by atoms with E-state index in [1.54, 1.807) is 19.1 Å². The molecule has 0 bridgehead atoms. The maximum Gasteiger partial charge on any atom is 0.379 e. The molecule has 1 rings (SSSR count). The van der Waals surface area contributed by atoms with Crippen LogP contribution >= 0.6 is 0 Å². The topological polar surface area (TPSA) is 52.6 Å².